The lowest BCUT2D eigenvalue weighted by Crippen LogP contribution is -2.00. The summed E-state index contributed by atoms with van der Waals surface area (Å²) in [7, 11) is 1.63. The minimum absolute atomic E-state index is 0.579. The summed E-state index contributed by atoms with van der Waals surface area (Å²) in [6.07, 6.45) is 10.5. The Morgan fingerprint density at radius 2 is 2.14 bits per heavy atom. The van der Waals surface area contributed by atoms with Gasteiger partial charge in [0.15, 0.2) is 11.5 Å². The minimum Gasteiger partial charge on any atom is -0.497 e. The predicted octanol–water partition coefficient (Wildman–Crippen LogP) is 3.39. The molecule has 0 saturated heterocycles. The van der Waals surface area contributed by atoms with Gasteiger partial charge in [0.1, 0.15) is 12.1 Å². The maximum Gasteiger partial charge on any atom is 0.168 e. The van der Waals surface area contributed by atoms with Crippen LogP contribution < -0.4 is 10.2 Å². The molecular weight excluding hydrogens is 374 g/mol. The molecule has 0 bridgehead atoms. The van der Waals surface area contributed by atoms with Crippen LogP contribution in [-0.2, 0) is 0 Å². The zero-order valence-corrected chi connectivity index (χ0v) is 16.1. The van der Waals surface area contributed by atoms with Gasteiger partial charge < -0.3 is 4.74 Å². The van der Waals surface area contributed by atoms with Crippen molar-refractivity contribution in [3.8, 4) is 11.4 Å². The van der Waals surface area contributed by atoms with Gasteiger partial charge >= 0.3 is 0 Å². The number of benzene rings is 1. The lowest BCUT2D eigenvalue weighted by molar-refractivity contribution is 0.414. The Morgan fingerprint density at radius 1 is 1.21 bits per heavy atom. The highest BCUT2D eigenvalue weighted by atomic mass is 32.2. The van der Waals surface area contributed by atoms with Gasteiger partial charge in [-0.2, -0.15) is 10.2 Å². The average molecular weight is 391 g/mol. The number of thioether (sulfide) groups is 1. The third-order valence-electron chi connectivity index (χ3n) is 4.07. The van der Waals surface area contributed by atoms with Gasteiger partial charge in [-0.1, -0.05) is 6.07 Å². The van der Waals surface area contributed by atoms with Crippen LogP contribution in [0.25, 0.3) is 16.7 Å². The Balaban J connectivity index is 1.64. The summed E-state index contributed by atoms with van der Waals surface area (Å²) in [6, 6.07) is 9.54. The molecule has 140 valence electrons. The van der Waals surface area contributed by atoms with Gasteiger partial charge in [0, 0.05) is 28.9 Å². The molecule has 28 heavy (non-hydrogen) atoms. The second-order valence-electron chi connectivity index (χ2n) is 5.71. The predicted molar refractivity (Wildman–Crippen MR) is 110 cm³/mol. The van der Waals surface area contributed by atoms with E-state index in [4.69, 9.17) is 4.74 Å². The second-order valence-corrected chi connectivity index (χ2v) is 6.55. The molecule has 0 aliphatic carbocycles. The molecule has 9 heteroatoms. The quantitative estimate of drug-likeness (QED) is 0.306. The maximum atomic E-state index is 5.29. The molecule has 4 rings (SSSR count). The zero-order valence-electron chi connectivity index (χ0n) is 15.3. The first-order valence-electron chi connectivity index (χ1n) is 8.40. The van der Waals surface area contributed by atoms with Crippen LogP contribution in [0.4, 0.5) is 5.82 Å². The molecule has 3 aromatic heterocycles. The van der Waals surface area contributed by atoms with E-state index in [1.165, 1.54) is 6.33 Å². The van der Waals surface area contributed by atoms with E-state index in [9.17, 15) is 0 Å². The lowest BCUT2D eigenvalue weighted by atomic mass is 10.3. The molecule has 0 aliphatic heterocycles. The van der Waals surface area contributed by atoms with Crippen molar-refractivity contribution in [3.63, 3.8) is 0 Å². The Kier molecular flexibility index (Phi) is 5.16. The largest absolute Gasteiger partial charge is 0.497 e. The highest BCUT2D eigenvalue weighted by Crippen LogP contribution is 2.23. The molecular formula is C19H17N7OS. The number of hydrazone groups is 1. The third kappa shape index (κ3) is 3.52. The van der Waals surface area contributed by atoms with E-state index in [-0.39, 0.29) is 0 Å². The number of nitrogens with zero attached hydrogens (tertiary/aromatic N) is 6. The van der Waals surface area contributed by atoms with Gasteiger partial charge in [-0.15, -0.1) is 11.8 Å². The van der Waals surface area contributed by atoms with Crippen molar-refractivity contribution in [1.82, 2.24) is 24.7 Å². The number of nitrogens with one attached hydrogen (secondary N) is 1. The number of pyridine rings is 1. The third-order valence-corrected chi connectivity index (χ3v) is 4.86. The molecule has 0 spiro atoms. The fraction of sp³-hybridized carbons (Fsp3) is 0.105. The van der Waals surface area contributed by atoms with Crippen LogP contribution in [0.3, 0.4) is 0 Å². The monoisotopic (exact) mass is 391 g/mol. The molecule has 0 amide bonds. The standard InChI is InChI=1S/C19H17N7OS/c1-27-15-5-3-4-14(8-15)26-19-16(10-24-26)18(21-12-22-19)25-23-9-13-6-7-20-11-17(13)28-2/h3-12H,1-2H3,(H,21,22,25). The number of ether oxygens (including phenoxy) is 1. The molecule has 0 fully saturated rings. The molecule has 3 heterocycles. The molecule has 4 aromatic rings. The number of rotatable bonds is 6. The van der Waals surface area contributed by atoms with Crippen LogP contribution in [0.1, 0.15) is 5.56 Å². The number of methoxy groups -OCH3 is 1. The van der Waals surface area contributed by atoms with Crippen molar-refractivity contribution in [1.29, 1.82) is 0 Å². The minimum atomic E-state index is 0.579. The first-order chi connectivity index (χ1) is 13.8. The van der Waals surface area contributed by atoms with Crippen LogP contribution >= 0.6 is 11.8 Å². The molecule has 0 atom stereocenters. The first-order valence-corrected chi connectivity index (χ1v) is 9.63. The maximum absolute atomic E-state index is 5.29. The smallest absolute Gasteiger partial charge is 0.168 e. The van der Waals surface area contributed by atoms with Gasteiger partial charge in [-0.25, -0.2) is 14.6 Å². The Bertz CT molecular complexity index is 1140. The van der Waals surface area contributed by atoms with Crippen molar-refractivity contribution in [2.24, 2.45) is 5.10 Å². The summed E-state index contributed by atoms with van der Waals surface area (Å²) < 4.78 is 7.03. The molecule has 8 nitrogen and oxygen atoms in total. The molecule has 1 N–H and O–H groups in total. The van der Waals surface area contributed by atoms with Crippen LogP contribution in [0.5, 0.6) is 5.75 Å². The number of fused-ring (bicyclic) bond motifs is 1. The normalized spacial score (nSPS) is 11.2. The topological polar surface area (TPSA) is 90.1 Å². The van der Waals surface area contributed by atoms with E-state index in [1.807, 2.05) is 42.8 Å². The summed E-state index contributed by atoms with van der Waals surface area (Å²) in [6.45, 7) is 0. The van der Waals surface area contributed by atoms with Crippen LogP contribution in [0.15, 0.2) is 65.2 Å². The van der Waals surface area contributed by atoms with Crippen molar-refractivity contribution in [2.45, 2.75) is 4.90 Å². The summed E-state index contributed by atoms with van der Waals surface area (Å²) in [5, 5.41) is 9.53. The van der Waals surface area contributed by atoms with Gasteiger partial charge in [0.2, 0.25) is 0 Å². The zero-order chi connectivity index (χ0) is 19.3. The van der Waals surface area contributed by atoms with Crippen molar-refractivity contribution in [3.05, 3.63) is 60.8 Å². The Hall–Kier alpha value is -3.46. The van der Waals surface area contributed by atoms with E-state index < -0.39 is 0 Å². The van der Waals surface area contributed by atoms with Crippen LogP contribution in [0, 0.1) is 0 Å². The number of hydrogen-bond acceptors (Lipinski definition) is 8. The van der Waals surface area contributed by atoms with Gasteiger partial charge in [0.05, 0.1) is 30.6 Å². The summed E-state index contributed by atoms with van der Waals surface area (Å²) in [5.74, 6) is 1.33. The fourth-order valence-electron chi connectivity index (χ4n) is 2.70. The molecule has 0 unspecified atom stereocenters. The molecule has 0 aliphatic rings. The van der Waals surface area contributed by atoms with Crippen LogP contribution in [0.2, 0.25) is 0 Å². The van der Waals surface area contributed by atoms with Crippen molar-refractivity contribution in [2.75, 3.05) is 18.8 Å². The number of hydrogen-bond donors (Lipinski definition) is 1. The highest BCUT2D eigenvalue weighted by molar-refractivity contribution is 7.98. The molecule has 1 aromatic carbocycles. The Morgan fingerprint density at radius 3 is 3.00 bits per heavy atom. The van der Waals surface area contributed by atoms with E-state index in [1.54, 1.807) is 42.2 Å². The molecule has 0 saturated carbocycles. The van der Waals surface area contributed by atoms with E-state index in [2.05, 4.69) is 30.6 Å². The second kappa shape index (κ2) is 8.05. The Labute approximate surface area is 165 Å². The van der Waals surface area contributed by atoms with E-state index >= 15 is 0 Å². The van der Waals surface area contributed by atoms with Crippen molar-refractivity contribution >= 4 is 34.8 Å². The van der Waals surface area contributed by atoms with Crippen molar-refractivity contribution < 1.29 is 4.74 Å². The fourth-order valence-corrected chi connectivity index (χ4v) is 3.22. The molecule has 0 radical (unpaired) electrons. The van der Waals surface area contributed by atoms with Gasteiger partial charge in [-0.05, 0) is 24.5 Å². The first kappa shape index (κ1) is 17.9. The lowest BCUT2D eigenvalue weighted by Gasteiger charge is -2.06. The van der Waals surface area contributed by atoms with Gasteiger partial charge in [0.25, 0.3) is 0 Å². The van der Waals surface area contributed by atoms with Crippen LogP contribution in [-0.4, -0.2) is 44.3 Å². The SMILES string of the molecule is COc1cccc(-n2ncc3c(NN=Cc4ccncc4SC)ncnc32)c1. The summed E-state index contributed by atoms with van der Waals surface area (Å²) >= 11 is 1.62. The summed E-state index contributed by atoms with van der Waals surface area (Å²) in [5.41, 5.74) is 5.49. The number of aromatic nitrogens is 5. The highest BCUT2D eigenvalue weighted by Gasteiger charge is 2.11. The average Bonchev–Trinajstić information content (AvgIpc) is 3.19. The summed E-state index contributed by atoms with van der Waals surface area (Å²) in [4.78, 5) is 13.8. The van der Waals surface area contributed by atoms with E-state index in [0.717, 1.165) is 27.3 Å². The van der Waals surface area contributed by atoms with Gasteiger partial charge in [-0.3, -0.25) is 10.4 Å². The number of anilines is 1. The van der Waals surface area contributed by atoms with E-state index in [0.29, 0.717) is 11.5 Å².